The van der Waals surface area contributed by atoms with Crippen molar-refractivity contribution >= 4 is 0 Å². The maximum atomic E-state index is 4.31. The van der Waals surface area contributed by atoms with Gasteiger partial charge < -0.3 is 9.88 Å². The molecule has 1 N–H and O–H groups in total. The predicted molar refractivity (Wildman–Crippen MR) is 80.2 cm³/mol. The molecule has 0 saturated heterocycles. The number of nitrogens with one attached hydrogen (secondary N) is 1. The highest BCUT2D eigenvalue weighted by atomic mass is 15.3. The maximum Gasteiger partial charge on any atom is 0.0946 e. The van der Waals surface area contributed by atoms with Gasteiger partial charge in [-0.25, -0.2) is 4.98 Å². The van der Waals surface area contributed by atoms with Crippen LogP contribution in [0.5, 0.6) is 0 Å². The Labute approximate surface area is 121 Å². The Balaban J connectivity index is 2.01. The van der Waals surface area contributed by atoms with Crippen LogP contribution in [0.2, 0.25) is 0 Å². The quantitative estimate of drug-likeness (QED) is 0.880. The lowest BCUT2D eigenvalue weighted by molar-refractivity contribution is 0.238. The van der Waals surface area contributed by atoms with Crippen molar-refractivity contribution in [3.8, 4) is 0 Å². The molecular formula is C15H25N5. The van der Waals surface area contributed by atoms with Crippen molar-refractivity contribution in [1.29, 1.82) is 0 Å². The van der Waals surface area contributed by atoms with Gasteiger partial charge in [0.2, 0.25) is 0 Å². The standard InChI is InChI=1S/C15H25N5/c1-5-20-13(6-7-18-20)10-17-14(15(2,3)4)11-19-9-8-16-12-19/h6-9,12,14,17H,5,10-11H2,1-4H3. The molecule has 2 aromatic rings. The van der Waals surface area contributed by atoms with Gasteiger partial charge in [0.25, 0.3) is 0 Å². The fraction of sp³-hybridized carbons (Fsp3) is 0.600. The highest BCUT2D eigenvalue weighted by Crippen LogP contribution is 2.21. The van der Waals surface area contributed by atoms with Crippen molar-refractivity contribution in [1.82, 2.24) is 24.6 Å². The second-order valence-electron chi connectivity index (χ2n) is 6.20. The Bertz CT molecular complexity index is 507. The van der Waals surface area contributed by atoms with E-state index in [0.717, 1.165) is 19.6 Å². The van der Waals surface area contributed by atoms with E-state index in [1.165, 1.54) is 5.69 Å². The SMILES string of the molecule is CCn1nccc1CNC(Cn1ccnc1)C(C)(C)C. The molecule has 0 amide bonds. The fourth-order valence-corrected chi connectivity index (χ4v) is 2.27. The Morgan fingerprint density at radius 1 is 1.30 bits per heavy atom. The second kappa shape index (κ2) is 6.22. The first-order chi connectivity index (χ1) is 9.50. The topological polar surface area (TPSA) is 47.7 Å². The lowest BCUT2D eigenvalue weighted by Crippen LogP contribution is -2.43. The summed E-state index contributed by atoms with van der Waals surface area (Å²) in [6.45, 7) is 11.6. The molecule has 0 bridgehead atoms. The number of aryl methyl sites for hydroxylation is 1. The zero-order valence-electron chi connectivity index (χ0n) is 12.9. The first-order valence-electron chi connectivity index (χ1n) is 7.20. The van der Waals surface area contributed by atoms with Crippen molar-refractivity contribution in [2.24, 2.45) is 5.41 Å². The molecule has 2 rings (SSSR count). The Kier molecular flexibility index (Phi) is 4.60. The Morgan fingerprint density at radius 2 is 2.10 bits per heavy atom. The van der Waals surface area contributed by atoms with Crippen molar-refractivity contribution in [3.63, 3.8) is 0 Å². The average Bonchev–Trinajstić information content (AvgIpc) is 3.03. The molecule has 20 heavy (non-hydrogen) atoms. The van der Waals surface area contributed by atoms with E-state index in [4.69, 9.17) is 0 Å². The number of hydrogen-bond acceptors (Lipinski definition) is 3. The van der Waals surface area contributed by atoms with Gasteiger partial charge in [0.15, 0.2) is 0 Å². The summed E-state index contributed by atoms with van der Waals surface area (Å²) in [5.74, 6) is 0. The second-order valence-corrected chi connectivity index (χ2v) is 6.20. The van der Waals surface area contributed by atoms with Crippen molar-refractivity contribution in [3.05, 3.63) is 36.7 Å². The van der Waals surface area contributed by atoms with Crippen LogP contribution in [0.15, 0.2) is 31.0 Å². The van der Waals surface area contributed by atoms with Crippen LogP contribution in [-0.2, 0) is 19.6 Å². The number of hydrogen-bond donors (Lipinski definition) is 1. The molecule has 0 saturated carbocycles. The van der Waals surface area contributed by atoms with Crippen molar-refractivity contribution in [2.45, 2.75) is 53.4 Å². The molecule has 1 atom stereocenters. The van der Waals surface area contributed by atoms with Crippen LogP contribution >= 0.6 is 0 Å². The molecule has 110 valence electrons. The highest BCUT2D eigenvalue weighted by Gasteiger charge is 2.24. The number of nitrogens with zero attached hydrogens (tertiary/aromatic N) is 4. The van der Waals surface area contributed by atoms with E-state index in [0.29, 0.717) is 6.04 Å². The summed E-state index contributed by atoms with van der Waals surface area (Å²) in [4.78, 5) is 4.12. The van der Waals surface area contributed by atoms with Crippen molar-refractivity contribution in [2.75, 3.05) is 0 Å². The minimum absolute atomic E-state index is 0.182. The van der Waals surface area contributed by atoms with E-state index in [1.807, 2.05) is 29.6 Å². The van der Waals surface area contributed by atoms with Crippen LogP contribution in [0, 0.1) is 5.41 Å². The summed E-state index contributed by atoms with van der Waals surface area (Å²) in [6, 6.07) is 2.45. The van der Waals surface area contributed by atoms with Gasteiger partial charge in [0, 0.05) is 44.3 Å². The normalized spacial score (nSPS) is 13.6. The third-order valence-electron chi connectivity index (χ3n) is 3.63. The smallest absolute Gasteiger partial charge is 0.0946 e. The number of rotatable bonds is 6. The molecule has 5 nitrogen and oxygen atoms in total. The van der Waals surface area contributed by atoms with Gasteiger partial charge in [-0.05, 0) is 18.4 Å². The third kappa shape index (κ3) is 3.70. The van der Waals surface area contributed by atoms with Gasteiger partial charge >= 0.3 is 0 Å². The average molecular weight is 275 g/mol. The van der Waals surface area contributed by atoms with Gasteiger partial charge in [-0.3, -0.25) is 4.68 Å². The first-order valence-corrected chi connectivity index (χ1v) is 7.20. The van der Waals surface area contributed by atoms with E-state index in [1.54, 1.807) is 0 Å². The van der Waals surface area contributed by atoms with Gasteiger partial charge in [0.1, 0.15) is 0 Å². The molecular weight excluding hydrogens is 250 g/mol. The first kappa shape index (κ1) is 14.8. The minimum Gasteiger partial charge on any atom is -0.336 e. The minimum atomic E-state index is 0.182. The van der Waals surface area contributed by atoms with E-state index in [9.17, 15) is 0 Å². The summed E-state index contributed by atoms with van der Waals surface area (Å²) in [7, 11) is 0. The lowest BCUT2D eigenvalue weighted by Gasteiger charge is -2.32. The fourth-order valence-electron chi connectivity index (χ4n) is 2.27. The van der Waals surface area contributed by atoms with E-state index >= 15 is 0 Å². The van der Waals surface area contributed by atoms with Crippen LogP contribution in [0.25, 0.3) is 0 Å². The molecule has 0 radical (unpaired) electrons. The molecule has 2 heterocycles. The van der Waals surface area contributed by atoms with E-state index < -0.39 is 0 Å². The third-order valence-corrected chi connectivity index (χ3v) is 3.63. The molecule has 0 aliphatic carbocycles. The van der Waals surface area contributed by atoms with Crippen LogP contribution in [0.4, 0.5) is 0 Å². The van der Waals surface area contributed by atoms with Gasteiger partial charge in [-0.1, -0.05) is 20.8 Å². The van der Waals surface area contributed by atoms with Gasteiger partial charge in [-0.2, -0.15) is 5.10 Å². The summed E-state index contributed by atoms with van der Waals surface area (Å²) in [5, 5.41) is 7.98. The zero-order valence-corrected chi connectivity index (χ0v) is 12.9. The summed E-state index contributed by atoms with van der Waals surface area (Å²) in [6.07, 6.45) is 7.57. The predicted octanol–water partition coefficient (Wildman–Crippen LogP) is 2.30. The van der Waals surface area contributed by atoms with Crippen LogP contribution in [-0.4, -0.2) is 25.4 Å². The molecule has 5 heteroatoms. The monoisotopic (exact) mass is 275 g/mol. The number of aromatic nitrogens is 4. The van der Waals surface area contributed by atoms with Gasteiger partial charge in [-0.15, -0.1) is 0 Å². The van der Waals surface area contributed by atoms with Gasteiger partial charge in [0.05, 0.1) is 12.0 Å². The number of imidazole rings is 1. The summed E-state index contributed by atoms with van der Waals surface area (Å²) >= 11 is 0. The Hall–Kier alpha value is -1.62. The molecule has 0 spiro atoms. The van der Waals surface area contributed by atoms with Crippen LogP contribution < -0.4 is 5.32 Å². The van der Waals surface area contributed by atoms with Crippen LogP contribution in [0.1, 0.15) is 33.4 Å². The van der Waals surface area contributed by atoms with Crippen LogP contribution in [0.3, 0.4) is 0 Å². The molecule has 1 unspecified atom stereocenters. The molecule has 0 aliphatic rings. The largest absolute Gasteiger partial charge is 0.336 e. The maximum absolute atomic E-state index is 4.31. The van der Waals surface area contributed by atoms with Crippen molar-refractivity contribution < 1.29 is 0 Å². The lowest BCUT2D eigenvalue weighted by atomic mass is 9.86. The molecule has 0 aromatic carbocycles. The van der Waals surface area contributed by atoms with E-state index in [2.05, 4.69) is 53.7 Å². The molecule has 0 aliphatic heterocycles. The van der Waals surface area contributed by atoms with E-state index in [-0.39, 0.29) is 5.41 Å². The summed E-state index contributed by atoms with van der Waals surface area (Å²) < 4.78 is 4.16. The molecule has 2 aromatic heterocycles. The highest BCUT2D eigenvalue weighted by molar-refractivity contribution is 5.00. The molecule has 0 fully saturated rings. The summed E-state index contributed by atoms with van der Waals surface area (Å²) in [5.41, 5.74) is 1.41. The zero-order chi connectivity index (χ0) is 14.6. The Morgan fingerprint density at radius 3 is 2.70 bits per heavy atom.